The van der Waals surface area contributed by atoms with E-state index in [0.717, 1.165) is 45.8 Å². The molecule has 0 bridgehead atoms. The Hall–Kier alpha value is -3.52. The monoisotopic (exact) mass is 664 g/mol. The molecule has 2 fully saturated rings. The number of nitrogens with zero attached hydrogens (tertiary/aromatic N) is 7. The highest BCUT2D eigenvalue weighted by Crippen LogP contribution is 2.37. The number of likely N-dealkylation sites (N-methyl/N-ethyl adjacent to an activating group) is 1. The average Bonchev–Trinajstić information content (AvgIpc) is 3.56. The highest BCUT2D eigenvalue weighted by Gasteiger charge is 2.43. The minimum absolute atomic E-state index is 0. The van der Waals surface area contributed by atoms with Crippen LogP contribution in [-0.4, -0.2) is 107 Å². The zero-order valence-electron chi connectivity index (χ0n) is 25.2. The maximum atomic E-state index is 14.0. The Labute approximate surface area is 276 Å². The highest BCUT2D eigenvalue weighted by molar-refractivity contribution is 7.59. The lowest BCUT2D eigenvalue weighted by molar-refractivity contribution is -0.126. The van der Waals surface area contributed by atoms with Gasteiger partial charge in [-0.15, -0.1) is 0 Å². The molecule has 3 aliphatic rings. The molecule has 0 radical (unpaired) electrons. The Bertz CT molecular complexity index is 1540. The smallest absolute Gasteiger partial charge is 0.318 e. The number of carbonyl (C=O) groups is 1. The van der Waals surface area contributed by atoms with Crippen molar-refractivity contribution in [2.75, 3.05) is 69.4 Å². The number of hydrogen-bond donors (Lipinski definition) is 1. The van der Waals surface area contributed by atoms with Gasteiger partial charge in [-0.05, 0) is 50.6 Å². The molecule has 0 unspecified atom stereocenters. The van der Waals surface area contributed by atoms with E-state index in [2.05, 4.69) is 39.9 Å². The maximum absolute atomic E-state index is 14.0. The normalized spacial score (nSPS) is 19.4. The molecule has 1 N–H and O–H groups in total. The first-order valence-corrected chi connectivity index (χ1v) is 14.7. The summed E-state index contributed by atoms with van der Waals surface area (Å²) in [6, 6.07) is 1.83. The second kappa shape index (κ2) is 14.9. The van der Waals surface area contributed by atoms with Gasteiger partial charge in [0.05, 0.1) is 36.2 Å². The summed E-state index contributed by atoms with van der Waals surface area (Å²) in [7, 11) is 1.68. The van der Waals surface area contributed by atoms with E-state index in [0.29, 0.717) is 39.1 Å². The van der Waals surface area contributed by atoms with Crippen LogP contribution in [0.4, 0.5) is 24.7 Å². The molecule has 6 rings (SSSR count). The third-order valence-corrected chi connectivity index (χ3v) is 8.85. The second-order valence-corrected chi connectivity index (χ2v) is 11.7. The molecule has 5 heterocycles. The largest absolute Gasteiger partial charge is 0.462 e. The van der Waals surface area contributed by atoms with Crippen molar-refractivity contribution >= 4 is 41.8 Å². The molecule has 0 spiro atoms. The topological polar surface area (TPSA) is 93.7 Å². The zero-order valence-corrected chi connectivity index (χ0v) is 26.2. The van der Waals surface area contributed by atoms with Crippen molar-refractivity contribution in [2.45, 2.75) is 60.1 Å². The number of H-pyrrole nitrogens is 1. The molecule has 1 aromatic carbocycles. The summed E-state index contributed by atoms with van der Waals surface area (Å²) in [5.41, 5.74) is 6.28. The van der Waals surface area contributed by atoms with Crippen molar-refractivity contribution in [1.82, 2.24) is 30.0 Å². The molecule has 10 nitrogen and oxygen atoms in total. The van der Waals surface area contributed by atoms with Crippen LogP contribution >= 0.6 is 13.5 Å². The van der Waals surface area contributed by atoms with Gasteiger partial charge in [0.15, 0.2) is 0 Å². The van der Waals surface area contributed by atoms with E-state index in [1.54, 1.807) is 16.8 Å². The van der Waals surface area contributed by atoms with Gasteiger partial charge in [-0.25, -0.2) is 13.2 Å². The SMILES string of the molecule is C.C.Cc1cc2[nH]ncc2c(N2CCc3c(nc(OC[C@@H]4CC(F)(F)CN4C)nc3N3CCN(C(=O)/C=C/CF)CC3)C2)c1C.S. The number of nitrogens with one attached hydrogen (secondary N) is 1. The number of fused-ring (bicyclic) bond motifs is 2. The minimum Gasteiger partial charge on any atom is -0.462 e. The molecular formula is C32H47F3N8O2S. The Morgan fingerprint density at radius 1 is 1.13 bits per heavy atom. The van der Waals surface area contributed by atoms with E-state index in [-0.39, 0.29) is 59.8 Å². The summed E-state index contributed by atoms with van der Waals surface area (Å²) in [5.74, 6) is -2.20. The van der Waals surface area contributed by atoms with Gasteiger partial charge in [0.25, 0.3) is 5.92 Å². The first-order chi connectivity index (χ1) is 20.6. The van der Waals surface area contributed by atoms with E-state index in [9.17, 15) is 18.0 Å². The van der Waals surface area contributed by atoms with Crippen LogP contribution in [0.5, 0.6) is 6.01 Å². The van der Waals surface area contributed by atoms with E-state index in [4.69, 9.17) is 14.7 Å². The molecule has 3 aromatic rings. The Morgan fingerprint density at radius 2 is 1.87 bits per heavy atom. The second-order valence-electron chi connectivity index (χ2n) is 11.7. The summed E-state index contributed by atoms with van der Waals surface area (Å²) in [4.78, 5) is 29.8. The molecule has 14 heteroatoms. The van der Waals surface area contributed by atoms with Crippen LogP contribution in [-0.2, 0) is 17.8 Å². The van der Waals surface area contributed by atoms with Gasteiger partial charge in [0.1, 0.15) is 19.1 Å². The molecule has 1 atom stereocenters. The van der Waals surface area contributed by atoms with Crippen LogP contribution < -0.4 is 14.5 Å². The molecule has 1 amide bonds. The third-order valence-electron chi connectivity index (χ3n) is 8.85. The number of allylic oxidation sites excluding steroid dienone is 1. The lowest BCUT2D eigenvalue weighted by Crippen LogP contribution is -2.49. The van der Waals surface area contributed by atoms with Crippen LogP contribution in [0.15, 0.2) is 24.4 Å². The quantitative estimate of drug-likeness (QED) is 0.360. The van der Waals surface area contributed by atoms with Crippen molar-refractivity contribution in [2.24, 2.45) is 0 Å². The number of aromatic amines is 1. The number of rotatable bonds is 7. The highest BCUT2D eigenvalue weighted by atomic mass is 32.1. The molecule has 254 valence electrons. The number of halogens is 3. The fraction of sp³-hybridized carbons (Fsp3) is 0.562. The average molecular weight is 665 g/mol. The van der Waals surface area contributed by atoms with E-state index < -0.39 is 18.6 Å². The van der Waals surface area contributed by atoms with Crippen molar-refractivity contribution < 1.29 is 22.7 Å². The molecule has 46 heavy (non-hydrogen) atoms. The number of hydrogen-bond acceptors (Lipinski definition) is 8. The number of aromatic nitrogens is 4. The number of carbonyl (C=O) groups excluding carboxylic acids is 1. The molecule has 2 aromatic heterocycles. The maximum Gasteiger partial charge on any atom is 0.318 e. The number of likely N-dealkylation sites (tertiary alicyclic amines) is 1. The Kier molecular flexibility index (Phi) is 12.0. The fourth-order valence-corrected chi connectivity index (χ4v) is 6.43. The first-order valence-electron chi connectivity index (χ1n) is 14.7. The summed E-state index contributed by atoms with van der Waals surface area (Å²) >= 11 is 0. The number of aryl methyl sites for hydroxylation is 1. The van der Waals surface area contributed by atoms with Crippen LogP contribution in [0, 0.1) is 13.8 Å². The van der Waals surface area contributed by atoms with Gasteiger partial charge < -0.3 is 19.4 Å². The van der Waals surface area contributed by atoms with Crippen LogP contribution in [0.3, 0.4) is 0 Å². The van der Waals surface area contributed by atoms with E-state index in [1.807, 2.05) is 6.20 Å². The molecule has 2 saturated heterocycles. The van der Waals surface area contributed by atoms with Gasteiger partial charge in [0, 0.05) is 62.2 Å². The lowest BCUT2D eigenvalue weighted by Gasteiger charge is -2.38. The standard InChI is InChI=1S/C30H37F3N8O2.2CH4.H2S/c1-19-13-24-23(15-34-37-24)27(20(19)2)41-8-6-22-25(16-41)35-29(43-17-21-14-30(32,33)18-38(21)3)36-28(22)40-11-9-39(10-12-40)26(42)5-4-7-31;;;/h4-5,13,15,21H,6-12,14,16-18H2,1-3H3,(H,34,37);2*1H4;1H2/b5-4+;;;/t21-;;;/m0.../s1. The van der Waals surface area contributed by atoms with Crippen LogP contribution in [0.25, 0.3) is 10.9 Å². The van der Waals surface area contributed by atoms with Crippen molar-refractivity contribution in [1.29, 1.82) is 0 Å². The van der Waals surface area contributed by atoms with E-state index in [1.165, 1.54) is 17.7 Å². The lowest BCUT2D eigenvalue weighted by atomic mass is 9.99. The predicted octanol–water partition coefficient (Wildman–Crippen LogP) is 4.81. The third kappa shape index (κ3) is 7.38. The first kappa shape index (κ1) is 36.9. The van der Waals surface area contributed by atoms with Gasteiger partial charge >= 0.3 is 6.01 Å². The zero-order chi connectivity index (χ0) is 30.3. The summed E-state index contributed by atoms with van der Waals surface area (Å²) in [6.07, 6.45) is 4.78. The molecule has 0 aliphatic carbocycles. The Balaban J connectivity index is 0.00000192. The summed E-state index contributed by atoms with van der Waals surface area (Å²) in [5, 5.41) is 8.41. The fourth-order valence-electron chi connectivity index (χ4n) is 6.43. The number of amides is 1. The van der Waals surface area contributed by atoms with Crippen LogP contribution in [0.1, 0.15) is 43.7 Å². The number of ether oxygens (including phenoxy) is 1. The van der Waals surface area contributed by atoms with Crippen molar-refractivity contribution in [3.05, 3.63) is 46.8 Å². The van der Waals surface area contributed by atoms with Gasteiger partial charge in [-0.3, -0.25) is 14.8 Å². The van der Waals surface area contributed by atoms with Gasteiger partial charge in [-0.2, -0.15) is 28.6 Å². The van der Waals surface area contributed by atoms with Crippen molar-refractivity contribution in [3.8, 4) is 6.01 Å². The number of anilines is 2. The van der Waals surface area contributed by atoms with Crippen molar-refractivity contribution in [3.63, 3.8) is 0 Å². The summed E-state index contributed by atoms with van der Waals surface area (Å²) in [6.45, 7) is 6.60. The predicted molar refractivity (Wildman–Crippen MR) is 182 cm³/mol. The number of alkyl halides is 3. The van der Waals surface area contributed by atoms with Crippen LogP contribution in [0.2, 0.25) is 0 Å². The molecule has 0 saturated carbocycles. The number of piperazine rings is 1. The number of benzene rings is 1. The van der Waals surface area contributed by atoms with E-state index >= 15 is 0 Å². The van der Waals surface area contributed by atoms with Gasteiger partial charge in [-0.1, -0.05) is 14.9 Å². The summed E-state index contributed by atoms with van der Waals surface area (Å²) < 4.78 is 46.6. The van der Waals surface area contributed by atoms with Gasteiger partial charge in [0.2, 0.25) is 5.91 Å². The molecule has 3 aliphatic heterocycles. The minimum atomic E-state index is -2.74. The molecular weight excluding hydrogens is 617 g/mol. The Morgan fingerprint density at radius 3 is 2.54 bits per heavy atom.